The van der Waals surface area contributed by atoms with Crippen LogP contribution in [0.4, 0.5) is 0 Å². The van der Waals surface area contributed by atoms with Gasteiger partial charge in [-0.3, -0.25) is 0 Å². The Kier molecular flexibility index (Phi) is 5.67. The molecule has 1 nitrogen and oxygen atoms in total. The second-order valence-electron chi connectivity index (χ2n) is 5.00. The Balaban J connectivity index is 2.38. The van der Waals surface area contributed by atoms with Gasteiger partial charge in [-0.15, -0.1) is 11.3 Å². The third-order valence-corrected chi connectivity index (χ3v) is 5.76. The van der Waals surface area contributed by atoms with Crippen molar-refractivity contribution in [2.75, 3.05) is 6.54 Å². The van der Waals surface area contributed by atoms with Crippen LogP contribution in [0.5, 0.6) is 0 Å². The van der Waals surface area contributed by atoms with Crippen LogP contribution in [0.1, 0.15) is 41.0 Å². The molecule has 2 aromatic rings. The molecule has 0 bridgehead atoms. The Hall–Kier alpha value is -0.350. The summed E-state index contributed by atoms with van der Waals surface area (Å²) in [7, 11) is 0. The Labute approximate surface area is 138 Å². The number of rotatable bonds is 5. The molecule has 0 amide bonds. The minimum atomic E-state index is 0.211. The fourth-order valence-corrected chi connectivity index (χ4v) is 3.80. The highest BCUT2D eigenvalue weighted by atomic mass is 79.9. The van der Waals surface area contributed by atoms with Crippen LogP contribution in [-0.4, -0.2) is 6.54 Å². The van der Waals surface area contributed by atoms with Crippen LogP contribution < -0.4 is 5.32 Å². The fourth-order valence-electron chi connectivity index (χ4n) is 2.09. The van der Waals surface area contributed by atoms with Gasteiger partial charge >= 0.3 is 0 Å². The van der Waals surface area contributed by atoms with Gasteiger partial charge in [0, 0.05) is 9.35 Å². The van der Waals surface area contributed by atoms with Crippen molar-refractivity contribution in [3.63, 3.8) is 0 Å². The van der Waals surface area contributed by atoms with Crippen molar-refractivity contribution in [1.29, 1.82) is 0 Å². The maximum absolute atomic E-state index is 6.23. The largest absolute Gasteiger partial charge is 0.306 e. The van der Waals surface area contributed by atoms with Gasteiger partial charge in [0.25, 0.3) is 0 Å². The second-order valence-corrected chi connectivity index (χ2v) is 7.54. The molecule has 2 rings (SSSR count). The molecule has 1 aromatic carbocycles. The molecular weight excluding hydrogens is 354 g/mol. The van der Waals surface area contributed by atoms with E-state index in [0.29, 0.717) is 0 Å². The fraction of sp³-hybridized carbons (Fsp3) is 0.375. The molecule has 1 heterocycles. The average Bonchev–Trinajstić information content (AvgIpc) is 2.74. The van der Waals surface area contributed by atoms with E-state index < -0.39 is 0 Å². The molecule has 0 fully saturated rings. The van der Waals surface area contributed by atoms with Crippen LogP contribution in [-0.2, 0) is 0 Å². The summed E-state index contributed by atoms with van der Waals surface area (Å²) in [6.07, 6.45) is 1.11. The number of halogens is 2. The van der Waals surface area contributed by atoms with E-state index in [0.717, 1.165) is 27.3 Å². The smallest absolute Gasteiger partial charge is 0.0961 e. The molecule has 0 saturated carbocycles. The zero-order chi connectivity index (χ0) is 14.7. The summed E-state index contributed by atoms with van der Waals surface area (Å²) in [5.74, 6) is 0. The predicted octanol–water partition coefficient (Wildman–Crippen LogP) is 5.87. The van der Waals surface area contributed by atoms with E-state index >= 15 is 0 Å². The lowest BCUT2D eigenvalue weighted by Crippen LogP contribution is -2.22. The average molecular weight is 373 g/mol. The van der Waals surface area contributed by atoms with Crippen molar-refractivity contribution >= 4 is 38.9 Å². The Morgan fingerprint density at radius 3 is 2.55 bits per heavy atom. The minimum Gasteiger partial charge on any atom is -0.306 e. The van der Waals surface area contributed by atoms with Crippen molar-refractivity contribution < 1.29 is 0 Å². The van der Waals surface area contributed by atoms with Gasteiger partial charge in [-0.05, 0) is 55.6 Å². The molecular formula is C16H19BrClNS. The lowest BCUT2D eigenvalue weighted by atomic mass is 10.0. The first kappa shape index (κ1) is 16.0. The monoisotopic (exact) mass is 371 g/mol. The van der Waals surface area contributed by atoms with Gasteiger partial charge in [0.15, 0.2) is 0 Å². The molecule has 0 aliphatic heterocycles. The van der Waals surface area contributed by atoms with E-state index in [9.17, 15) is 0 Å². The lowest BCUT2D eigenvalue weighted by Gasteiger charge is -2.18. The SMILES string of the molecule is CCCNC(c1ccc(C)c(Br)c1)c1cc(C)c(Cl)s1. The quantitative estimate of drug-likeness (QED) is 0.692. The van der Waals surface area contributed by atoms with E-state index in [2.05, 4.69) is 66.3 Å². The van der Waals surface area contributed by atoms with Crippen LogP contribution >= 0.6 is 38.9 Å². The number of thiophene rings is 1. The highest BCUT2D eigenvalue weighted by Crippen LogP contribution is 2.35. The zero-order valence-electron chi connectivity index (χ0n) is 12.0. The van der Waals surface area contributed by atoms with E-state index in [-0.39, 0.29) is 6.04 Å². The van der Waals surface area contributed by atoms with Crippen LogP contribution in [0.15, 0.2) is 28.7 Å². The van der Waals surface area contributed by atoms with E-state index in [1.165, 1.54) is 16.0 Å². The first-order chi connectivity index (χ1) is 9.52. The van der Waals surface area contributed by atoms with E-state index in [1.807, 2.05) is 0 Å². The normalized spacial score (nSPS) is 12.7. The van der Waals surface area contributed by atoms with Crippen LogP contribution in [0.2, 0.25) is 4.34 Å². The van der Waals surface area contributed by atoms with Gasteiger partial charge in [-0.25, -0.2) is 0 Å². The first-order valence-corrected chi connectivity index (χ1v) is 8.77. The summed E-state index contributed by atoms with van der Waals surface area (Å²) >= 11 is 11.5. The zero-order valence-corrected chi connectivity index (χ0v) is 15.1. The maximum atomic E-state index is 6.23. The highest BCUT2D eigenvalue weighted by Gasteiger charge is 2.17. The summed E-state index contributed by atoms with van der Waals surface area (Å²) in [5, 5.41) is 3.62. The van der Waals surface area contributed by atoms with Crippen molar-refractivity contribution in [2.45, 2.75) is 33.2 Å². The number of hydrogen-bond donors (Lipinski definition) is 1. The van der Waals surface area contributed by atoms with Crippen LogP contribution in [0, 0.1) is 13.8 Å². The molecule has 0 radical (unpaired) electrons. The number of hydrogen-bond acceptors (Lipinski definition) is 2. The molecule has 108 valence electrons. The van der Waals surface area contributed by atoms with Gasteiger partial charge in [0.2, 0.25) is 0 Å². The molecule has 0 aliphatic carbocycles. The molecule has 4 heteroatoms. The van der Waals surface area contributed by atoms with Crippen molar-refractivity contribution in [1.82, 2.24) is 5.32 Å². The Bertz CT molecular complexity index is 575. The predicted molar refractivity (Wildman–Crippen MR) is 93.1 cm³/mol. The third kappa shape index (κ3) is 3.64. The van der Waals surface area contributed by atoms with Gasteiger partial charge in [0.05, 0.1) is 10.4 Å². The van der Waals surface area contributed by atoms with Crippen LogP contribution in [0.25, 0.3) is 0 Å². The first-order valence-electron chi connectivity index (χ1n) is 6.78. The summed E-state index contributed by atoms with van der Waals surface area (Å²) in [6.45, 7) is 7.34. The molecule has 20 heavy (non-hydrogen) atoms. The lowest BCUT2D eigenvalue weighted by molar-refractivity contribution is 0.605. The van der Waals surface area contributed by atoms with Gasteiger partial charge in [-0.1, -0.05) is 46.6 Å². The van der Waals surface area contributed by atoms with Crippen molar-refractivity contribution in [3.8, 4) is 0 Å². The Morgan fingerprint density at radius 2 is 2.00 bits per heavy atom. The standard InChI is InChI=1S/C16H19BrClNS/c1-4-7-19-15(14-8-11(3)16(18)20-14)12-6-5-10(2)13(17)9-12/h5-6,8-9,15,19H,4,7H2,1-3H3. The third-order valence-electron chi connectivity index (χ3n) is 3.29. The summed E-state index contributed by atoms with van der Waals surface area (Å²) in [6, 6.07) is 8.95. The maximum Gasteiger partial charge on any atom is 0.0961 e. The molecule has 1 atom stereocenters. The molecule has 0 saturated heterocycles. The molecule has 1 aromatic heterocycles. The molecule has 1 unspecified atom stereocenters. The van der Waals surface area contributed by atoms with E-state index in [4.69, 9.17) is 11.6 Å². The van der Waals surface area contributed by atoms with Gasteiger partial charge in [-0.2, -0.15) is 0 Å². The van der Waals surface area contributed by atoms with E-state index in [1.54, 1.807) is 11.3 Å². The summed E-state index contributed by atoms with van der Waals surface area (Å²) < 4.78 is 2.03. The van der Waals surface area contributed by atoms with Crippen molar-refractivity contribution in [3.05, 3.63) is 54.6 Å². The molecule has 1 N–H and O–H groups in total. The number of aryl methyl sites for hydroxylation is 2. The second kappa shape index (κ2) is 7.08. The molecule has 0 aliphatic rings. The number of benzene rings is 1. The van der Waals surface area contributed by atoms with Gasteiger partial charge < -0.3 is 5.32 Å². The number of nitrogens with one attached hydrogen (secondary N) is 1. The minimum absolute atomic E-state index is 0.211. The highest BCUT2D eigenvalue weighted by molar-refractivity contribution is 9.10. The van der Waals surface area contributed by atoms with Crippen LogP contribution in [0.3, 0.4) is 0 Å². The Morgan fingerprint density at radius 1 is 1.25 bits per heavy atom. The summed E-state index contributed by atoms with van der Waals surface area (Å²) in [5.41, 5.74) is 3.68. The van der Waals surface area contributed by atoms with Crippen molar-refractivity contribution in [2.24, 2.45) is 0 Å². The van der Waals surface area contributed by atoms with Gasteiger partial charge in [0.1, 0.15) is 0 Å². The summed E-state index contributed by atoms with van der Waals surface area (Å²) in [4.78, 5) is 1.27. The molecule has 0 spiro atoms. The topological polar surface area (TPSA) is 12.0 Å².